The Balaban J connectivity index is 1.96. The van der Waals surface area contributed by atoms with Gasteiger partial charge < -0.3 is 5.32 Å². The fourth-order valence-electron chi connectivity index (χ4n) is 3.49. The Bertz CT molecular complexity index is 930. The smallest absolute Gasteiger partial charge is 0.311 e. The van der Waals surface area contributed by atoms with Crippen molar-refractivity contribution in [2.45, 2.75) is 50.0 Å². The molecule has 0 bridgehead atoms. The van der Waals surface area contributed by atoms with Gasteiger partial charge in [-0.1, -0.05) is 25.3 Å². The van der Waals surface area contributed by atoms with Crippen LogP contribution in [0.5, 0.6) is 0 Å². The van der Waals surface area contributed by atoms with E-state index in [9.17, 15) is 18.5 Å². The highest BCUT2D eigenvalue weighted by Crippen LogP contribution is 2.35. The van der Waals surface area contributed by atoms with Crippen molar-refractivity contribution in [1.82, 2.24) is 9.78 Å². The molecule has 2 aromatic rings. The Morgan fingerprint density at radius 1 is 1.27 bits per heavy atom. The van der Waals surface area contributed by atoms with Crippen molar-refractivity contribution in [2.24, 2.45) is 0 Å². The molecule has 0 unspecified atom stereocenters. The number of nitro groups is 1. The van der Waals surface area contributed by atoms with Gasteiger partial charge in [-0.05, 0) is 31.9 Å². The summed E-state index contributed by atoms with van der Waals surface area (Å²) in [4.78, 5) is 10.5. The van der Waals surface area contributed by atoms with Gasteiger partial charge in [0.05, 0.1) is 11.0 Å². The largest absolute Gasteiger partial charge is 0.333 e. The lowest BCUT2D eigenvalue weighted by atomic mass is 9.95. The van der Waals surface area contributed by atoms with Gasteiger partial charge in [0, 0.05) is 18.0 Å². The molecule has 0 spiro atoms. The van der Waals surface area contributed by atoms with Gasteiger partial charge in [0.25, 0.3) is 0 Å². The molecular weight excluding hydrogens is 356 g/mol. The summed E-state index contributed by atoms with van der Waals surface area (Å²) in [5.41, 5.74) is 0.632. The van der Waals surface area contributed by atoms with Crippen LogP contribution in [0, 0.1) is 17.0 Å². The van der Waals surface area contributed by atoms with Crippen molar-refractivity contribution >= 4 is 27.0 Å². The van der Waals surface area contributed by atoms with E-state index < -0.39 is 20.4 Å². The molecule has 1 N–H and O–H groups in total. The molecule has 1 fully saturated rings. The Morgan fingerprint density at radius 2 is 1.96 bits per heavy atom. The Kier molecular flexibility index (Phi) is 4.99. The van der Waals surface area contributed by atoms with E-state index in [2.05, 4.69) is 10.4 Å². The first kappa shape index (κ1) is 18.4. The zero-order valence-electron chi connectivity index (χ0n) is 14.8. The fraction of sp³-hybridized carbons (Fsp3) is 0.471. The third-order valence-corrected chi connectivity index (χ3v) is 5.82. The first-order valence-corrected chi connectivity index (χ1v) is 10.5. The van der Waals surface area contributed by atoms with Crippen LogP contribution in [-0.4, -0.2) is 29.4 Å². The molecule has 9 heteroatoms. The average molecular weight is 378 g/mol. The number of sulfone groups is 1. The second kappa shape index (κ2) is 7.06. The summed E-state index contributed by atoms with van der Waals surface area (Å²) in [5.74, 6) is 0.474. The van der Waals surface area contributed by atoms with E-state index in [4.69, 9.17) is 0 Å². The summed E-state index contributed by atoms with van der Waals surface area (Å²) >= 11 is 0. The Labute approximate surface area is 152 Å². The number of nitrogens with zero attached hydrogens (tertiary/aromatic N) is 3. The highest BCUT2D eigenvalue weighted by atomic mass is 32.2. The molecule has 1 aliphatic carbocycles. The van der Waals surface area contributed by atoms with Crippen LogP contribution in [0.4, 0.5) is 17.2 Å². The third kappa shape index (κ3) is 3.72. The summed E-state index contributed by atoms with van der Waals surface area (Å²) in [6.07, 6.45) is 6.70. The molecule has 0 radical (unpaired) electrons. The number of nitrogens with one attached hydrogen (secondary N) is 1. The van der Waals surface area contributed by atoms with Crippen molar-refractivity contribution in [3.8, 4) is 0 Å². The lowest BCUT2D eigenvalue weighted by Gasteiger charge is -2.23. The average Bonchev–Trinajstić information content (AvgIpc) is 2.95. The number of para-hydroxylation sites is 1. The van der Waals surface area contributed by atoms with E-state index in [1.54, 1.807) is 0 Å². The van der Waals surface area contributed by atoms with Crippen LogP contribution in [0.15, 0.2) is 29.2 Å². The van der Waals surface area contributed by atoms with Crippen LogP contribution in [0.1, 0.15) is 43.8 Å². The molecule has 1 aromatic carbocycles. The van der Waals surface area contributed by atoms with Crippen LogP contribution >= 0.6 is 0 Å². The second-order valence-corrected chi connectivity index (χ2v) is 8.70. The van der Waals surface area contributed by atoms with E-state index in [0.29, 0.717) is 11.9 Å². The molecule has 0 saturated heterocycles. The van der Waals surface area contributed by atoms with Gasteiger partial charge in [0.15, 0.2) is 15.7 Å². The monoisotopic (exact) mass is 378 g/mol. The van der Waals surface area contributed by atoms with Gasteiger partial charge in [-0.15, -0.1) is 0 Å². The lowest BCUT2D eigenvalue weighted by Crippen LogP contribution is -2.15. The number of rotatable bonds is 5. The summed E-state index contributed by atoms with van der Waals surface area (Å²) in [6.45, 7) is 1.95. The van der Waals surface area contributed by atoms with Gasteiger partial charge in [-0.25, -0.2) is 8.42 Å². The standard InChI is InChI=1S/C17H22N4O4S/c1-12-11-16(19-20(12)13-7-4-3-5-8-13)18-14-9-6-10-15(26(2,24)25)17(14)21(22)23/h6,9-11,13H,3-5,7-8H2,1-2H3,(H,18,19). The third-order valence-electron chi connectivity index (χ3n) is 4.69. The van der Waals surface area contributed by atoms with E-state index in [1.807, 2.05) is 17.7 Å². The SMILES string of the molecule is Cc1cc(Nc2cccc(S(C)(=O)=O)c2[N+](=O)[O-])nn1C1CCCCC1. The maximum atomic E-state index is 11.9. The normalized spacial score (nSPS) is 15.8. The molecule has 0 aliphatic heterocycles. The van der Waals surface area contributed by atoms with Crippen molar-refractivity contribution in [2.75, 3.05) is 11.6 Å². The molecule has 1 heterocycles. The molecule has 26 heavy (non-hydrogen) atoms. The number of hydrogen-bond acceptors (Lipinski definition) is 6. The highest BCUT2D eigenvalue weighted by Gasteiger charge is 2.27. The molecule has 140 valence electrons. The summed E-state index contributed by atoms with van der Waals surface area (Å²) < 4.78 is 25.7. The lowest BCUT2D eigenvalue weighted by molar-refractivity contribution is -0.386. The molecule has 1 aliphatic rings. The predicted octanol–water partition coefficient (Wildman–Crippen LogP) is 3.75. The molecular formula is C17H22N4O4S. The quantitative estimate of drug-likeness (QED) is 0.627. The minimum absolute atomic E-state index is 0.117. The highest BCUT2D eigenvalue weighted by molar-refractivity contribution is 7.90. The van der Waals surface area contributed by atoms with Gasteiger partial charge in [-0.3, -0.25) is 14.8 Å². The van der Waals surface area contributed by atoms with Gasteiger partial charge in [0.2, 0.25) is 0 Å². The minimum atomic E-state index is -3.72. The first-order valence-electron chi connectivity index (χ1n) is 8.58. The Hall–Kier alpha value is -2.42. The van der Waals surface area contributed by atoms with Crippen molar-refractivity contribution in [1.29, 1.82) is 0 Å². The topological polar surface area (TPSA) is 107 Å². The van der Waals surface area contributed by atoms with E-state index >= 15 is 0 Å². The molecule has 8 nitrogen and oxygen atoms in total. The van der Waals surface area contributed by atoms with Gasteiger partial charge in [0.1, 0.15) is 10.6 Å². The van der Waals surface area contributed by atoms with Crippen molar-refractivity contribution < 1.29 is 13.3 Å². The maximum Gasteiger partial charge on any atom is 0.311 e. The zero-order valence-corrected chi connectivity index (χ0v) is 15.6. The van der Waals surface area contributed by atoms with Crippen LogP contribution in [-0.2, 0) is 9.84 Å². The molecule has 1 saturated carbocycles. The van der Waals surface area contributed by atoms with E-state index in [-0.39, 0.29) is 10.6 Å². The van der Waals surface area contributed by atoms with Crippen LogP contribution in [0.2, 0.25) is 0 Å². The number of aromatic nitrogens is 2. The number of nitro benzene ring substituents is 1. The van der Waals surface area contributed by atoms with E-state index in [1.165, 1.54) is 37.5 Å². The van der Waals surface area contributed by atoms with Crippen molar-refractivity contribution in [3.05, 3.63) is 40.1 Å². The van der Waals surface area contributed by atoms with Gasteiger partial charge >= 0.3 is 5.69 Å². The predicted molar refractivity (Wildman–Crippen MR) is 98.6 cm³/mol. The Morgan fingerprint density at radius 3 is 2.58 bits per heavy atom. The maximum absolute atomic E-state index is 11.9. The number of hydrogen-bond donors (Lipinski definition) is 1. The molecule has 0 atom stereocenters. The second-order valence-electron chi connectivity index (χ2n) is 6.71. The summed E-state index contributed by atoms with van der Waals surface area (Å²) in [5, 5.41) is 19.0. The van der Waals surface area contributed by atoms with Crippen LogP contribution < -0.4 is 5.32 Å². The van der Waals surface area contributed by atoms with Gasteiger partial charge in [-0.2, -0.15) is 5.10 Å². The fourth-order valence-corrected chi connectivity index (χ4v) is 4.35. The van der Waals surface area contributed by atoms with Crippen molar-refractivity contribution in [3.63, 3.8) is 0 Å². The summed E-state index contributed by atoms with van der Waals surface area (Å²) in [6, 6.07) is 6.38. The number of benzene rings is 1. The zero-order chi connectivity index (χ0) is 18.9. The van der Waals surface area contributed by atoms with Crippen LogP contribution in [0.25, 0.3) is 0 Å². The number of aryl methyl sites for hydroxylation is 1. The van der Waals surface area contributed by atoms with Crippen LogP contribution in [0.3, 0.4) is 0 Å². The van der Waals surface area contributed by atoms with E-state index in [0.717, 1.165) is 24.8 Å². The summed E-state index contributed by atoms with van der Waals surface area (Å²) in [7, 11) is -3.72. The molecule has 0 amide bonds. The molecule has 1 aromatic heterocycles. The minimum Gasteiger partial charge on any atom is -0.333 e. The first-order chi connectivity index (χ1) is 12.3. The number of anilines is 2. The molecule has 3 rings (SSSR count).